The summed E-state index contributed by atoms with van der Waals surface area (Å²) in [6.45, 7) is 8.54. The summed E-state index contributed by atoms with van der Waals surface area (Å²) < 4.78 is 7.41. The molecular formula is C19H28N4O2. The maximum Gasteiger partial charge on any atom is 0.223 e. The van der Waals surface area contributed by atoms with Gasteiger partial charge < -0.3 is 9.64 Å². The highest BCUT2D eigenvalue weighted by Crippen LogP contribution is 2.15. The molecule has 1 amide bonds. The number of hydrogen-bond donors (Lipinski definition) is 0. The minimum atomic E-state index is 0.211. The van der Waals surface area contributed by atoms with Gasteiger partial charge in [0.25, 0.3) is 0 Å². The van der Waals surface area contributed by atoms with Crippen molar-refractivity contribution in [2.45, 2.75) is 45.7 Å². The largest absolute Gasteiger partial charge is 0.378 e. The Hall–Kier alpha value is -1.84. The quantitative estimate of drug-likeness (QED) is 0.773. The Kier molecular flexibility index (Phi) is 6.48. The molecule has 0 spiro atoms. The number of fused-ring (bicyclic) bond motifs is 1. The van der Waals surface area contributed by atoms with Gasteiger partial charge in [0.05, 0.1) is 31.1 Å². The van der Waals surface area contributed by atoms with E-state index in [0.29, 0.717) is 39.1 Å². The number of ether oxygens (including phenoxy) is 1. The van der Waals surface area contributed by atoms with Crippen molar-refractivity contribution in [3.8, 4) is 11.8 Å². The van der Waals surface area contributed by atoms with Gasteiger partial charge in [-0.1, -0.05) is 12.8 Å². The van der Waals surface area contributed by atoms with Gasteiger partial charge in [-0.2, -0.15) is 5.10 Å². The summed E-state index contributed by atoms with van der Waals surface area (Å²) in [4.78, 5) is 16.6. The number of hydrogen-bond acceptors (Lipinski definition) is 4. The van der Waals surface area contributed by atoms with Gasteiger partial charge in [-0.25, -0.2) is 0 Å². The first-order chi connectivity index (χ1) is 12.3. The van der Waals surface area contributed by atoms with Crippen LogP contribution in [0.4, 0.5) is 0 Å². The van der Waals surface area contributed by atoms with E-state index in [9.17, 15) is 4.79 Å². The predicted molar refractivity (Wildman–Crippen MR) is 95.9 cm³/mol. The molecule has 0 radical (unpaired) electrons. The molecular weight excluding hydrogens is 316 g/mol. The van der Waals surface area contributed by atoms with Crippen LogP contribution < -0.4 is 0 Å². The third kappa shape index (κ3) is 5.07. The molecule has 0 aliphatic carbocycles. The highest BCUT2D eigenvalue weighted by Gasteiger charge is 2.19. The van der Waals surface area contributed by atoms with Crippen molar-refractivity contribution in [2.75, 3.05) is 39.4 Å². The minimum Gasteiger partial charge on any atom is -0.378 e. The molecule has 25 heavy (non-hydrogen) atoms. The van der Waals surface area contributed by atoms with E-state index in [1.807, 2.05) is 4.90 Å². The zero-order valence-corrected chi connectivity index (χ0v) is 15.2. The third-order valence-corrected chi connectivity index (χ3v) is 4.71. The van der Waals surface area contributed by atoms with Gasteiger partial charge >= 0.3 is 0 Å². The molecule has 2 aliphatic heterocycles. The number of carbonyl (C=O) groups is 1. The van der Waals surface area contributed by atoms with Gasteiger partial charge in [0.1, 0.15) is 0 Å². The Bertz CT molecular complexity index is 638. The van der Waals surface area contributed by atoms with Gasteiger partial charge in [0.2, 0.25) is 5.91 Å². The maximum atomic E-state index is 12.3. The number of carbonyl (C=O) groups excluding carboxylic acids is 1. The van der Waals surface area contributed by atoms with Gasteiger partial charge in [-0.15, -0.1) is 5.92 Å². The summed E-state index contributed by atoms with van der Waals surface area (Å²) in [5, 5.41) is 4.72. The highest BCUT2D eigenvalue weighted by molar-refractivity contribution is 5.76. The summed E-state index contributed by atoms with van der Waals surface area (Å²) >= 11 is 0. The molecule has 1 aromatic heterocycles. The lowest BCUT2D eigenvalue weighted by atomic mass is 10.2. The van der Waals surface area contributed by atoms with E-state index in [-0.39, 0.29) is 5.91 Å². The van der Waals surface area contributed by atoms with Crippen LogP contribution in [0.1, 0.15) is 37.6 Å². The molecule has 0 N–H and O–H groups in total. The lowest BCUT2D eigenvalue weighted by Gasteiger charge is -2.26. The number of aryl methyl sites for hydroxylation is 2. The third-order valence-electron chi connectivity index (χ3n) is 4.71. The lowest BCUT2D eigenvalue weighted by Crippen LogP contribution is -2.40. The Balaban J connectivity index is 1.54. The van der Waals surface area contributed by atoms with Crippen LogP contribution in [0.25, 0.3) is 0 Å². The fourth-order valence-electron chi connectivity index (χ4n) is 3.34. The van der Waals surface area contributed by atoms with Gasteiger partial charge in [0.15, 0.2) is 0 Å². The van der Waals surface area contributed by atoms with E-state index >= 15 is 0 Å². The lowest BCUT2D eigenvalue weighted by molar-refractivity contribution is -0.135. The Morgan fingerprint density at radius 3 is 2.88 bits per heavy atom. The Labute approximate surface area is 150 Å². The molecule has 1 saturated heterocycles. The monoisotopic (exact) mass is 344 g/mol. The van der Waals surface area contributed by atoms with Crippen LogP contribution in [0, 0.1) is 11.8 Å². The second-order valence-electron chi connectivity index (χ2n) is 6.61. The maximum absolute atomic E-state index is 12.3. The number of nitrogens with zero attached hydrogens (tertiary/aromatic N) is 4. The van der Waals surface area contributed by atoms with Crippen LogP contribution in [0.5, 0.6) is 0 Å². The summed E-state index contributed by atoms with van der Waals surface area (Å²) in [6.07, 6.45) is 3.25. The first-order valence-electron chi connectivity index (χ1n) is 9.35. The molecule has 0 unspecified atom stereocenters. The van der Waals surface area contributed by atoms with Crippen LogP contribution in [0.3, 0.4) is 0 Å². The van der Waals surface area contributed by atoms with Crippen LogP contribution >= 0.6 is 0 Å². The standard InChI is InChI=1S/C19H28N4O2/c1-2-3-4-8-21-9-5-10-23-18(16-21)15-17(20-23)6-7-19(24)22-11-13-25-14-12-22/h15H,2,5-14,16H2,1H3. The molecule has 2 aliphatic rings. The Morgan fingerprint density at radius 2 is 2.08 bits per heavy atom. The van der Waals surface area contributed by atoms with Crippen molar-refractivity contribution in [1.82, 2.24) is 19.6 Å². The Morgan fingerprint density at radius 1 is 1.24 bits per heavy atom. The summed E-state index contributed by atoms with van der Waals surface area (Å²) in [5.74, 6) is 6.59. The molecule has 0 aromatic carbocycles. The average Bonchev–Trinajstić information content (AvgIpc) is 2.92. The highest BCUT2D eigenvalue weighted by atomic mass is 16.5. The minimum absolute atomic E-state index is 0.211. The first kappa shape index (κ1) is 18.0. The zero-order chi connectivity index (χ0) is 17.5. The molecule has 0 saturated carbocycles. The molecule has 6 nitrogen and oxygen atoms in total. The predicted octanol–water partition coefficient (Wildman–Crippen LogP) is 1.29. The van der Waals surface area contributed by atoms with Crippen LogP contribution in [-0.2, 0) is 29.0 Å². The molecule has 1 aromatic rings. The van der Waals surface area contributed by atoms with Crippen molar-refractivity contribution in [3.05, 3.63) is 17.5 Å². The van der Waals surface area contributed by atoms with Crippen molar-refractivity contribution >= 4 is 5.91 Å². The zero-order valence-electron chi connectivity index (χ0n) is 15.2. The van der Waals surface area contributed by atoms with Crippen molar-refractivity contribution < 1.29 is 9.53 Å². The van der Waals surface area contributed by atoms with Gasteiger partial charge in [0, 0.05) is 52.0 Å². The average molecular weight is 344 g/mol. The van der Waals surface area contributed by atoms with E-state index in [4.69, 9.17) is 9.84 Å². The van der Waals surface area contributed by atoms with Crippen LogP contribution in [-0.4, -0.2) is 64.9 Å². The summed E-state index contributed by atoms with van der Waals surface area (Å²) in [5.41, 5.74) is 2.27. The SMILES string of the molecule is CCC#CCN1CCCn2nc(CCC(=O)N3CCOCC3)cc2C1. The van der Waals surface area contributed by atoms with Crippen molar-refractivity contribution in [3.63, 3.8) is 0 Å². The fourth-order valence-corrected chi connectivity index (χ4v) is 3.34. The van der Waals surface area contributed by atoms with Gasteiger partial charge in [-0.3, -0.25) is 14.4 Å². The molecule has 0 atom stereocenters. The summed E-state index contributed by atoms with van der Waals surface area (Å²) in [7, 11) is 0. The summed E-state index contributed by atoms with van der Waals surface area (Å²) in [6, 6.07) is 2.16. The first-order valence-corrected chi connectivity index (χ1v) is 9.35. The molecule has 136 valence electrons. The molecule has 0 bridgehead atoms. The fraction of sp³-hybridized carbons (Fsp3) is 0.684. The molecule has 3 heterocycles. The van der Waals surface area contributed by atoms with Crippen molar-refractivity contribution in [2.24, 2.45) is 0 Å². The topological polar surface area (TPSA) is 50.6 Å². The van der Waals surface area contributed by atoms with E-state index in [1.165, 1.54) is 5.69 Å². The van der Waals surface area contributed by atoms with Crippen molar-refractivity contribution in [1.29, 1.82) is 0 Å². The number of morpholine rings is 1. The van der Waals surface area contributed by atoms with Crippen LogP contribution in [0.2, 0.25) is 0 Å². The smallest absolute Gasteiger partial charge is 0.223 e. The van der Waals surface area contributed by atoms with Gasteiger partial charge in [-0.05, 0) is 12.5 Å². The molecule has 3 rings (SSSR count). The number of amides is 1. The van der Waals surface area contributed by atoms with Crippen LogP contribution in [0.15, 0.2) is 6.07 Å². The normalized spacial score (nSPS) is 18.2. The molecule has 1 fully saturated rings. The van der Waals surface area contributed by atoms with E-state index in [0.717, 1.165) is 44.7 Å². The number of aromatic nitrogens is 2. The van der Waals surface area contributed by atoms with E-state index in [1.54, 1.807) is 0 Å². The van der Waals surface area contributed by atoms with E-state index in [2.05, 4.69) is 34.4 Å². The second kappa shape index (κ2) is 9.02. The number of rotatable bonds is 4. The molecule has 6 heteroatoms. The van der Waals surface area contributed by atoms with E-state index < -0.39 is 0 Å². The second-order valence-corrected chi connectivity index (χ2v) is 6.61.